The summed E-state index contributed by atoms with van der Waals surface area (Å²) in [7, 11) is -3.61. The van der Waals surface area contributed by atoms with Crippen LogP contribution < -0.4 is 10.0 Å². The van der Waals surface area contributed by atoms with Crippen molar-refractivity contribution in [2.75, 3.05) is 32.7 Å². The molecule has 1 aliphatic heterocycles. The fourth-order valence-electron chi connectivity index (χ4n) is 2.13. The van der Waals surface area contributed by atoms with Gasteiger partial charge < -0.3 is 10.2 Å². The van der Waals surface area contributed by atoms with Crippen LogP contribution in [0.5, 0.6) is 0 Å². The topological polar surface area (TPSA) is 78.5 Å². The zero-order chi connectivity index (χ0) is 14.8. The van der Waals surface area contributed by atoms with Gasteiger partial charge in [0.1, 0.15) is 0 Å². The first-order valence-electron chi connectivity index (χ1n) is 6.45. The lowest BCUT2D eigenvalue weighted by Gasteiger charge is -2.27. The number of nitrogens with one attached hydrogen (secondary N) is 2. The van der Waals surface area contributed by atoms with Gasteiger partial charge in [-0.2, -0.15) is 0 Å². The Morgan fingerprint density at radius 1 is 1.40 bits per heavy atom. The molecule has 112 valence electrons. The Balaban J connectivity index is 1.98. The Labute approximate surface area is 123 Å². The number of carbonyl (C=O) groups is 1. The van der Waals surface area contributed by atoms with Crippen LogP contribution in [0.1, 0.15) is 9.75 Å². The lowest BCUT2D eigenvalue weighted by atomic mass is 10.3. The first-order chi connectivity index (χ1) is 9.40. The van der Waals surface area contributed by atoms with E-state index in [1.807, 2.05) is 6.92 Å². The molecule has 8 heteroatoms. The number of piperazine rings is 1. The van der Waals surface area contributed by atoms with E-state index in [4.69, 9.17) is 0 Å². The summed E-state index contributed by atoms with van der Waals surface area (Å²) in [5, 5.41) is 3.15. The van der Waals surface area contributed by atoms with Crippen molar-refractivity contribution >= 4 is 27.3 Å². The van der Waals surface area contributed by atoms with E-state index in [1.165, 1.54) is 11.3 Å². The van der Waals surface area contributed by atoms with Crippen LogP contribution in [0.4, 0.5) is 0 Å². The standard InChI is InChI=1S/C12H19N3O3S2/c1-9-7-11(10(2)19-9)20(17,18)14-8-12(16)15-5-3-13-4-6-15/h7,13-14H,3-6,8H2,1-2H3. The average molecular weight is 317 g/mol. The van der Waals surface area contributed by atoms with Crippen LogP contribution in [-0.2, 0) is 14.8 Å². The normalized spacial score (nSPS) is 16.4. The van der Waals surface area contributed by atoms with E-state index in [1.54, 1.807) is 17.9 Å². The second kappa shape index (κ2) is 6.21. The third-order valence-corrected chi connectivity index (χ3v) is 5.79. The van der Waals surface area contributed by atoms with Gasteiger partial charge in [0, 0.05) is 35.9 Å². The predicted molar refractivity (Wildman–Crippen MR) is 78.4 cm³/mol. The largest absolute Gasteiger partial charge is 0.339 e. The van der Waals surface area contributed by atoms with Crippen LogP contribution in [0, 0.1) is 13.8 Å². The van der Waals surface area contributed by atoms with Crippen LogP contribution in [0.25, 0.3) is 0 Å². The first kappa shape index (κ1) is 15.4. The summed E-state index contributed by atoms with van der Waals surface area (Å²) in [6, 6.07) is 1.64. The Hall–Kier alpha value is -0.960. The number of nitrogens with zero attached hydrogens (tertiary/aromatic N) is 1. The highest BCUT2D eigenvalue weighted by Crippen LogP contribution is 2.24. The maximum Gasteiger partial charge on any atom is 0.242 e. The van der Waals surface area contributed by atoms with E-state index in [-0.39, 0.29) is 17.3 Å². The van der Waals surface area contributed by atoms with Gasteiger partial charge in [0.2, 0.25) is 15.9 Å². The third-order valence-electron chi connectivity index (χ3n) is 3.17. The lowest BCUT2D eigenvalue weighted by Crippen LogP contribution is -2.49. The molecule has 1 aromatic rings. The molecular weight excluding hydrogens is 298 g/mol. The minimum Gasteiger partial charge on any atom is -0.339 e. The fourth-order valence-corrected chi connectivity index (χ4v) is 4.66. The van der Waals surface area contributed by atoms with Crippen LogP contribution >= 0.6 is 11.3 Å². The van der Waals surface area contributed by atoms with Gasteiger partial charge in [-0.05, 0) is 19.9 Å². The molecule has 20 heavy (non-hydrogen) atoms. The number of amides is 1. The zero-order valence-electron chi connectivity index (χ0n) is 11.6. The van der Waals surface area contributed by atoms with Gasteiger partial charge in [-0.15, -0.1) is 11.3 Å². The number of hydrogen-bond acceptors (Lipinski definition) is 5. The van der Waals surface area contributed by atoms with E-state index < -0.39 is 10.0 Å². The van der Waals surface area contributed by atoms with Crippen LogP contribution in [-0.4, -0.2) is 51.9 Å². The fraction of sp³-hybridized carbons (Fsp3) is 0.583. The summed E-state index contributed by atoms with van der Waals surface area (Å²) in [5.74, 6) is -0.181. The first-order valence-corrected chi connectivity index (χ1v) is 8.75. The summed E-state index contributed by atoms with van der Waals surface area (Å²) in [6.07, 6.45) is 0. The molecule has 0 spiro atoms. The van der Waals surface area contributed by atoms with Gasteiger partial charge in [0.05, 0.1) is 11.4 Å². The van der Waals surface area contributed by atoms with Gasteiger partial charge in [-0.1, -0.05) is 0 Å². The lowest BCUT2D eigenvalue weighted by molar-refractivity contribution is -0.130. The van der Waals surface area contributed by atoms with E-state index in [0.717, 1.165) is 22.8 Å². The summed E-state index contributed by atoms with van der Waals surface area (Å²) < 4.78 is 26.7. The van der Waals surface area contributed by atoms with Crippen molar-refractivity contribution in [3.8, 4) is 0 Å². The molecule has 0 saturated carbocycles. The number of carbonyl (C=O) groups excluding carboxylic acids is 1. The zero-order valence-corrected chi connectivity index (χ0v) is 13.2. The van der Waals surface area contributed by atoms with Crippen LogP contribution in [0.2, 0.25) is 0 Å². The molecule has 1 aliphatic rings. The molecule has 1 amide bonds. The second-order valence-corrected chi connectivity index (χ2v) is 7.93. The van der Waals surface area contributed by atoms with Crippen LogP contribution in [0.3, 0.4) is 0 Å². The minimum atomic E-state index is -3.61. The minimum absolute atomic E-state index is 0.181. The monoisotopic (exact) mass is 317 g/mol. The highest BCUT2D eigenvalue weighted by Gasteiger charge is 2.22. The molecule has 6 nitrogen and oxygen atoms in total. The molecule has 0 atom stereocenters. The molecule has 2 N–H and O–H groups in total. The summed E-state index contributed by atoms with van der Waals surface area (Å²) >= 11 is 1.44. The maximum atomic E-state index is 12.2. The van der Waals surface area contributed by atoms with Crippen molar-refractivity contribution in [3.63, 3.8) is 0 Å². The molecular formula is C12H19N3O3S2. The molecule has 2 heterocycles. The van der Waals surface area contributed by atoms with Crippen molar-refractivity contribution in [1.82, 2.24) is 14.9 Å². The van der Waals surface area contributed by atoms with Crippen molar-refractivity contribution < 1.29 is 13.2 Å². The highest BCUT2D eigenvalue weighted by atomic mass is 32.2. The van der Waals surface area contributed by atoms with Gasteiger partial charge >= 0.3 is 0 Å². The van der Waals surface area contributed by atoms with Crippen molar-refractivity contribution in [1.29, 1.82) is 0 Å². The van der Waals surface area contributed by atoms with Crippen molar-refractivity contribution in [2.24, 2.45) is 0 Å². The third kappa shape index (κ3) is 3.57. The maximum absolute atomic E-state index is 12.2. The SMILES string of the molecule is Cc1cc(S(=O)(=O)NCC(=O)N2CCNCC2)c(C)s1. The predicted octanol–water partition coefficient (Wildman–Crippen LogP) is 0.0750. The molecule has 1 fully saturated rings. The summed E-state index contributed by atoms with van der Waals surface area (Å²) in [6.45, 7) is 6.19. The van der Waals surface area contributed by atoms with E-state index in [0.29, 0.717) is 13.1 Å². The number of sulfonamides is 1. The van der Waals surface area contributed by atoms with Gasteiger partial charge in [-0.25, -0.2) is 13.1 Å². The van der Waals surface area contributed by atoms with Gasteiger partial charge in [-0.3, -0.25) is 4.79 Å². The summed E-state index contributed by atoms with van der Waals surface area (Å²) in [4.78, 5) is 15.6. The van der Waals surface area contributed by atoms with E-state index >= 15 is 0 Å². The van der Waals surface area contributed by atoms with Gasteiger partial charge in [0.25, 0.3) is 0 Å². The number of thiophene rings is 1. The molecule has 2 rings (SSSR count). The number of aryl methyl sites for hydroxylation is 2. The number of hydrogen-bond donors (Lipinski definition) is 2. The average Bonchev–Trinajstić information content (AvgIpc) is 2.77. The molecule has 0 radical (unpaired) electrons. The van der Waals surface area contributed by atoms with Crippen molar-refractivity contribution in [3.05, 3.63) is 15.8 Å². The van der Waals surface area contributed by atoms with Gasteiger partial charge in [0.15, 0.2) is 0 Å². The summed E-state index contributed by atoms with van der Waals surface area (Å²) in [5.41, 5.74) is 0. The molecule has 0 unspecified atom stereocenters. The van der Waals surface area contributed by atoms with E-state index in [9.17, 15) is 13.2 Å². The molecule has 0 aliphatic carbocycles. The Morgan fingerprint density at radius 3 is 2.60 bits per heavy atom. The van der Waals surface area contributed by atoms with Crippen LogP contribution in [0.15, 0.2) is 11.0 Å². The Bertz CT molecular complexity index is 589. The smallest absolute Gasteiger partial charge is 0.242 e. The molecule has 1 saturated heterocycles. The second-order valence-electron chi connectivity index (χ2n) is 4.73. The quantitative estimate of drug-likeness (QED) is 0.824. The Kier molecular flexibility index (Phi) is 4.79. The Morgan fingerprint density at radius 2 is 2.05 bits per heavy atom. The molecule has 0 aromatic carbocycles. The number of rotatable bonds is 4. The van der Waals surface area contributed by atoms with E-state index in [2.05, 4.69) is 10.0 Å². The molecule has 1 aromatic heterocycles. The molecule has 0 bridgehead atoms. The van der Waals surface area contributed by atoms with Crippen molar-refractivity contribution in [2.45, 2.75) is 18.7 Å². The highest BCUT2D eigenvalue weighted by molar-refractivity contribution is 7.89.